The van der Waals surface area contributed by atoms with Crippen molar-refractivity contribution in [3.8, 4) is 11.4 Å². The third-order valence-electron chi connectivity index (χ3n) is 4.93. The molecule has 6 nitrogen and oxygen atoms in total. The average molecular weight is 412 g/mol. The minimum absolute atomic E-state index is 0.253. The van der Waals surface area contributed by atoms with Crippen LogP contribution in [-0.2, 0) is 6.54 Å². The highest BCUT2D eigenvalue weighted by Gasteiger charge is 2.21. The van der Waals surface area contributed by atoms with Crippen LogP contribution in [0.5, 0.6) is 0 Å². The summed E-state index contributed by atoms with van der Waals surface area (Å²) in [6.45, 7) is 5.02. The predicted molar refractivity (Wildman–Crippen MR) is 121 cm³/mol. The van der Waals surface area contributed by atoms with E-state index in [1.54, 1.807) is 18.5 Å². The van der Waals surface area contributed by atoms with E-state index in [4.69, 9.17) is 9.40 Å². The quantitative estimate of drug-likeness (QED) is 0.455. The van der Waals surface area contributed by atoms with E-state index in [0.29, 0.717) is 36.1 Å². The van der Waals surface area contributed by atoms with Crippen LogP contribution in [0.1, 0.15) is 28.6 Å². The fraction of sp³-hybridized carbons (Fsp3) is 0.160. The van der Waals surface area contributed by atoms with Gasteiger partial charge < -0.3 is 14.6 Å². The summed E-state index contributed by atoms with van der Waals surface area (Å²) in [5, 5.41) is 2.90. The van der Waals surface area contributed by atoms with Gasteiger partial charge in [-0.05, 0) is 43.7 Å². The average Bonchev–Trinajstić information content (AvgIpc) is 3.32. The maximum Gasteiger partial charge on any atom is 0.257 e. The highest BCUT2D eigenvalue weighted by Crippen LogP contribution is 2.29. The first-order valence-electron chi connectivity index (χ1n) is 10.2. The van der Waals surface area contributed by atoms with Crippen molar-refractivity contribution in [1.82, 2.24) is 15.3 Å². The summed E-state index contributed by atoms with van der Waals surface area (Å²) >= 11 is 0. The fourth-order valence-corrected chi connectivity index (χ4v) is 3.39. The lowest BCUT2D eigenvalue weighted by atomic mass is 10.1. The molecule has 0 aliphatic carbocycles. The maximum atomic E-state index is 13.1. The minimum Gasteiger partial charge on any atom is -0.467 e. The summed E-state index contributed by atoms with van der Waals surface area (Å²) < 4.78 is 5.32. The zero-order valence-corrected chi connectivity index (χ0v) is 17.6. The van der Waals surface area contributed by atoms with Gasteiger partial charge in [0.05, 0.1) is 12.8 Å². The van der Waals surface area contributed by atoms with Gasteiger partial charge in [0, 0.05) is 24.0 Å². The Labute approximate surface area is 181 Å². The Bertz CT molecular complexity index is 1160. The molecule has 0 saturated carbocycles. The van der Waals surface area contributed by atoms with Crippen LogP contribution in [0.2, 0.25) is 0 Å². The summed E-state index contributed by atoms with van der Waals surface area (Å²) in [5.41, 5.74) is 3.42. The molecule has 0 bridgehead atoms. The molecule has 0 aliphatic rings. The molecule has 31 heavy (non-hydrogen) atoms. The Morgan fingerprint density at radius 1 is 1.06 bits per heavy atom. The summed E-state index contributed by atoms with van der Waals surface area (Å²) in [7, 11) is 0. The number of hydrogen-bond acceptors (Lipinski definition) is 5. The van der Waals surface area contributed by atoms with Crippen LogP contribution in [0.15, 0.2) is 83.6 Å². The number of carbonyl (C=O) groups is 1. The fourth-order valence-electron chi connectivity index (χ4n) is 3.39. The molecule has 0 radical (unpaired) electrons. The van der Waals surface area contributed by atoms with Crippen molar-refractivity contribution in [2.45, 2.75) is 20.4 Å². The lowest BCUT2D eigenvalue weighted by Crippen LogP contribution is -2.27. The second kappa shape index (κ2) is 9.26. The Hall–Kier alpha value is -3.93. The van der Waals surface area contributed by atoms with Crippen molar-refractivity contribution in [2.75, 3.05) is 11.4 Å². The largest absolute Gasteiger partial charge is 0.467 e. The molecule has 0 fully saturated rings. The number of hydrogen-bond donors (Lipinski definition) is 1. The van der Waals surface area contributed by atoms with E-state index in [2.05, 4.69) is 16.4 Å². The number of aromatic nitrogens is 2. The molecule has 156 valence electrons. The number of nitrogens with zero attached hydrogens (tertiary/aromatic N) is 3. The monoisotopic (exact) mass is 412 g/mol. The van der Waals surface area contributed by atoms with E-state index < -0.39 is 0 Å². The normalized spacial score (nSPS) is 10.6. The van der Waals surface area contributed by atoms with Crippen molar-refractivity contribution in [2.24, 2.45) is 0 Å². The highest BCUT2D eigenvalue weighted by molar-refractivity contribution is 5.99. The third kappa shape index (κ3) is 4.64. The van der Waals surface area contributed by atoms with Gasteiger partial charge in [-0.1, -0.05) is 42.5 Å². The Balaban J connectivity index is 1.75. The number of benzene rings is 2. The van der Waals surface area contributed by atoms with Crippen molar-refractivity contribution in [3.05, 3.63) is 96.1 Å². The number of nitrogens with one attached hydrogen (secondary N) is 1. The number of furan rings is 1. The summed E-state index contributed by atoms with van der Waals surface area (Å²) in [6.07, 6.45) is 3.18. The zero-order chi connectivity index (χ0) is 21.6. The van der Waals surface area contributed by atoms with Gasteiger partial charge in [-0.25, -0.2) is 9.97 Å². The minimum atomic E-state index is -0.253. The molecule has 0 spiro atoms. The van der Waals surface area contributed by atoms with Crippen molar-refractivity contribution in [3.63, 3.8) is 0 Å². The molecule has 2 aromatic heterocycles. The topological polar surface area (TPSA) is 71.3 Å². The Morgan fingerprint density at radius 3 is 2.61 bits per heavy atom. The van der Waals surface area contributed by atoms with Crippen LogP contribution < -0.4 is 10.2 Å². The molecule has 4 rings (SSSR count). The summed E-state index contributed by atoms with van der Waals surface area (Å²) in [6, 6.07) is 21.5. The summed E-state index contributed by atoms with van der Waals surface area (Å²) in [4.78, 5) is 24.4. The maximum absolute atomic E-state index is 13.1. The number of carbonyl (C=O) groups excluding carboxylic acids is 1. The first kappa shape index (κ1) is 20.3. The Morgan fingerprint density at radius 2 is 1.90 bits per heavy atom. The number of amides is 1. The molecule has 1 N–H and O–H groups in total. The smallest absolute Gasteiger partial charge is 0.257 e. The predicted octanol–water partition coefficient (Wildman–Crippen LogP) is 5.13. The molecule has 1 amide bonds. The van der Waals surface area contributed by atoms with Crippen LogP contribution in [0.4, 0.5) is 11.5 Å². The molecule has 0 unspecified atom stereocenters. The van der Waals surface area contributed by atoms with Gasteiger partial charge in [0.2, 0.25) is 0 Å². The van der Waals surface area contributed by atoms with Crippen LogP contribution in [0.25, 0.3) is 11.4 Å². The number of anilines is 2. The van der Waals surface area contributed by atoms with Crippen molar-refractivity contribution >= 4 is 17.4 Å². The van der Waals surface area contributed by atoms with Gasteiger partial charge in [0.15, 0.2) is 5.82 Å². The van der Waals surface area contributed by atoms with Gasteiger partial charge in [0.1, 0.15) is 17.1 Å². The van der Waals surface area contributed by atoms with Crippen LogP contribution in [-0.4, -0.2) is 22.4 Å². The number of aryl methyl sites for hydroxylation is 1. The zero-order valence-electron chi connectivity index (χ0n) is 17.6. The standard InChI is InChI=1S/C25H24N4O2/c1-3-29(20-12-7-9-18(2)15-20)24-22(25(30)27-16-21-13-8-14-31-21)17-26-23(28-24)19-10-5-4-6-11-19/h4-15,17H,3,16H2,1-2H3,(H,27,30). The molecule has 6 heteroatoms. The van der Waals surface area contributed by atoms with Crippen LogP contribution >= 0.6 is 0 Å². The van der Waals surface area contributed by atoms with E-state index in [1.165, 1.54) is 0 Å². The first-order chi connectivity index (χ1) is 15.2. The summed E-state index contributed by atoms with van der Waals surface area (Å²) in [5.74, 6) is 1.57. The van der Waals surface area contributed by atoms with Gasteiger partial charge in [-0.3, -0.25) is 4.79 Å². The van der Waals surface area contributed by atoms with Gasteiger partial charge >= 0.3 is 0 Å². The lowest BCUT2D eigenvalue weighted by Gasteiger charge is -2.25. The van der Waals surface area contributed by atoms with E-state index in [-0.39, 0.29) is 5.91 Å². The molecule has 2 aromatic carbocycles. The SMILES string of the molecule is CCN(c1cccc(C)c1)c1nc(-c2ccccc2)ncc1C(=O)NCc1ccco1. The highest BCUT2D eigenvalue weighted by atomic mass is 16.3. The molecule has 2 heterocycles. The van der Waals surface area contributed by atoms with E-state index in [9.17, 15) is 4.79 Å². The number of rotatable bonds is 7. The van der Waals surface area contributed by atoms with Crippen molar-refractivity contribution < 1.29 is 9.21 Å². The van der Waals surface area contributed by atoms with Crippen molar-refractivity contribution in [1.29, 1.82) is 0 Å². The van der Waals surface area contributed by atoms with Gasteiger partial charge in [-0.2, -0.15) is 0 Å². The van der Waals surface area contributed by atoms with Gasteiger partial charge in [-0.15, -0.1) is 0 Å². The molecule has 0 saturated heterocycles. The molecular formula is C25H24N4O2. The molecular weight excluding hydrogens is 388 g/mol. The molecule has 0 atom stereocenters. The Kier molecular flexibility index (Phi) is 6.08. The molecule has 4 aromatic rings. The third-order valence-corrected chi connectivity index (χ3v) is 4.93. The molecule has 0 aliphatic heterocycles. The van der Waals surface area contributed by atoms with Crippen LogP contribution in [0.3, 0.4) is 0 Å². The lowest BCUT2D eigenvalue weighted by molar-refractivity contribution is 0.0948. The van der Waals surface area contributed by atoms with E-state index in [1.807, 2.05) is 73.3 Å². The second-order valence-electron chi connectivity index (χ2n) is 7.14. The second-order valence-corrected chi connectivity index (χ2v) is 7.14. The van der Waals surface area contributed by atoms with Crippen LogP contribution in [0, 0.1) is 6.92 Å². The van der Waals surface area contributed by atoms with E-state index >= 15 is 0 Å². The van der Waals surface area contributed by atoms with Gasteiger partial charge in [0.25, 0.3) is 5.91 Å². The van der Waals surface area contributed by atoms with E-state index in [0.717, 1.165) is 16.8 Å². The first-order valence-corrected chi connectivity index (χ1v) is 10.2.